The van der Waals surface area contributed by atoms with Crippen LogP contribution in [0.2, 0.25) is 0 Å². The van der Waals surface area contributed by atoms with Crippen LogP contribution in [0, 0.1) is 0 Å². The van der Waals surface area contributed by atoms with Gasteiger partial charge in [0.1, 0.15) is 17.1 Å². The second kappa shape index (κ2) is 5.78. The number of carbonyl (C=O) groups excluding carboxylic acids is 1. The molecule has 2 aromatic rings. The van der Waals surface area contributed by atoms with E-state index in [1.165, 1.54) is 0 Å². The lowest BCUT2D eigenvalue weighted by molar-refractivity contribution is -0.142. The summed E-state index contributed by atoms with van der Waals surface area (Å²) in [6.07, 6.45) is 1.91. The monoisotopic (exact) mass is 262 g/mol. The van der Waals surface area contributed by atoms with Gasteiger partial charge in [-0.3, -0.25) is 4.79 Å². The van der Waals surface area contributed by atoms with Crippen molar-refractivity contribution in [3.8, 4) is 5.75 Å². The quantitative estimate of drug-likeness (QED) is 0.841. The minimum absolute atomic E-state index is 0.159. The highest BCUT2D eigenvalue weighted by atomic mass is 16.5. The lowest BCUT2D eigenvalue weighted by atomic mass is 10.1. The van der Waals surface area contributed by atoms with E-state index in [0.717, 1.165) is 29.6 Å². The number of esters is 1. The Bertz CT molecular complexity index is 583. The number of benzene rings is 1. The van der Waals surface area contributed by atoms with Crippen molar-refractivity contribution in [1.29, 1.82) is 0 Å². The first-order chi connectivity index (χ1) is 9.15. The first kappa shape index (κ1) is 13.5. The van der Waals surface area contributed by atoms with Crippen LogP contribution in [0.1, 0.15) is 31.6 Å². The van der Waals surface area contributed by atoms with E-state index in [1.807, 2.05) is 0 Å². The van der Waals surface area contributed by atoms with Crippen molar-refractivity contribution < 1.29 is 19.1 Å². The molecule has 0 spiro atoms. The van der Waals surface area contributed by atoms with Gasteiger partial charge in [0.15, 0.2) is 0 Å². The van der Waals surface area contributed by atoms with Crippen LogP contribution in [-0.4, -0.2) is 17.7 Å². The summed E-state index contributed by atoms with van der Waals surface area (Å²) in [5.74, 6) is 0.707. The molecule has 0 aliphatic heterocycles. The molecule has 0 aliphatic carbocycles. The van der Waals surface area contributed by atoms with E-state index in [4.69, 9.17) is 9.15 Å². The zero-order valence-electron chi connectivity index (χ0n) is 11.2. The third-order valence-electron chi connectivity index (χ3n) is 2.96. The van der Waals surface area contributed by atoms with Crippen molar-refractivity contribution >= 4 is 16.9 Å². The van der Waals surface area contributed by atoms with Crippen LogP contribution >= 0.6 is 0 Å². The summed E-state index contributed by atoms with van der Waals surface area (Å²) in [5, 5.41) is 10.3. The molecule has 4 nitrogen and oxygen atoms in total. The molecule has 4 heteroatoms. The summed E-state index contributed by atoms with van der Waals surface area (Å²) in [6.45, 7) is 4.22. The van der Waals surface area contributed by atoms with Crippen LogP contribution in [0.15, 0.2) is 22.6 Å². The van der Waals surface area contributed by atoms with Crippen molar-refractivity contribution in [2.45, 2.75) is 33.1 Å². The number of furan rings is 1. The number of aryl methyl sites for hydroxylation is 1. The molecule has 0 atom stereocenters. The highest BCUT2D eigenvalue weighted by Crippen LogP contribution is 2.30. The number of carbonyl (C=O) groups is 1. The molecule has 0 unspecified atom stereocenters. The number of hydrogen-bond acceptors (Lipinski definition) is 4. The Morgan fingerprint density at radius 1 is 1.37 bits per heavy atom. The number of hydrogen-bond donors (Lipinski definition) is 1. The summed E-state index contributed by atoms with van der Waals surface area (Å²) in [4.78, 5) is 11.7. The average Bonchev–Trinajstić information content (AvgIpc) is 2.67. The van der Waals surface area contributed by atoms with Crippen molar-refractivity contribution in [3.05, 3.63) is 29.5 Å². The molecule has 1 heterocycles. The Kier molecular flexibility index (Phi) is 4.10. The third kappa shape index (κ3) is 2.89. The average molecular weight is 262 g/mol. The van der Waals surface area contributed by atoms with E-state index in [9.17, 15) is 9.90 Å². The molecule has 2 rings (SSSR count). The molecule has 19 heavy (non-hydrogen) atoms. The van der Waals surface area contributed by atoms with Crippen LogP contribution in [0.4, 0.5) is 0 Å². The molecule has 1 aromatic heterocycles. The zero-order valence-corrected chi connectivity index (χ0v) is 11.2. The summed E-state index contributed by atoms with van der Waals surface area (Å²) in [7, 11) is 0. The molecule has 0 bridgehead atoms. The Labute approximate surface area is 112 Å². The number of ether oxygens (including phenoxy) is 1. The molecule has 1 aromatic carbocycles. The Morgan fingerprint density at radius 3 is 2.84 bits per heavy atom. The highest BCUT2D eigenvalue weighted by Gasteiger charge is 2.17. The van der Waals surface area contributed by atoms with Crippen molar-refractivity contribution in [2.75, 3.05) is 6.61 Å². The van der Waals surface area contributed by atoms with Gasteiger partial charge in [-0.15, -0.1) is 0 Å². The van der Waals surface area contributed by atoms with E-state index in [-0.39, 0.29) is 18.1 Å². The predicted molar refractivity (Wildman–Crippen MR) is 72.2 cm³/mol. The minimum atomic E-state index is -0.254. The molecular formula is C15H18O4. The lowest BCUT2D eigenvalue weighted by Crippen LogP contribution is -2.08. The summed E-state index contributed by atoms with van der Waals surface area (Å²) < 4.78 is 10.7. The maximum atomic E-state index is 11.7. The normalized spacial score (nSPS) is 10.8. The number of aromatic hydroxyl groups is 1. The molecule has 0 saturated carbocycles. The highest BCUT2D eigenvalue weighted by molar-refractivity contribution is 5.87. The second-order valence-electron chi connectivity index (χ2n) is 4.42. The van der Waals surface area contributed by atoms with Gasteiger partial charge in [0, 0.05) is 23.4 Å². The Hall–Kier alpha value is -1.97. The van der Waals surface area contributed by atoms with Crippen LogP contribution in [0.25, 0.3) is 11.0 Å². The smallest absolute Gasteiger partial charge is 0.310 e. The standard InChI is InChI=1S/C15H18O4/c1-3-5-13-12(9-15(17)18-4-2)11-7-6-10(16)8-14(11)19-13/h6-8,16H,3-5,9H2,1-2H3. The summed E-state index contributed by atoms with van der Waals surface area (Å²) in [5.41, 5.74) is 1.48. The number of phenolic OH excluding ortho intramolecular Hbond substituents is 1. The van der Waals surface area contributed by atoms with Gasteiger partial charge in [-0.05, 0) is 25.5 Å². The van der Waals surface area contributed by atoms with Crippen LogP contribution < -0.4 is 0 Å². The summed E-state index contributed by atoms with van der Waals surface area (Å²) >= 11 is 0. The van der Waals surface area contributed by atoms with Crippen molar-refractivity contribution in [3.63, 3.8) is 0 Å². The zero-order chi connectivity index (χ0) is 13.8. The second-order valence-corrected chi connectivity index (χ2v) is 4.42. The van der Waals surface area contributed by atoms with E-state index < -0.39 is 0 Å². The fourth-order valence-electron chi connectivity index (χ4n) is 2.17. The maximum absolute atomic E-state index is 11.7. The van der Waals surface area contributed by atoms with Gasteiger partial charge in [0.05, 0.1) is 13.0 Å². The molecular weight excluding hydrogens is 244 g/mol. The van der Waals surface area contributed by atoms with Crippen molar-refractivity contribution in [1.82, 2.24) is 0 Å². The van der Waals surface area contributed by atoms with E-state index in [1.54, 1.807) is 25.1 Å². The molecule has 0 fully saturated rings. The number of rotatable bonds is 5. The molecule has 0 aliphatic rings. The molecule has 0 radical (unpaired) electrons. The molecule has 1 N–H and O–H groups in total. The predicted octanol–water partition coefficient (Wildman–Crippen LogP) is 3.20. The Balaban J connectivity index is 2.42. The first-order valence-corrected chi connectivity index (χ1v) is 6.54. The van der Waals surface area contributed by atoms with Gasteiger partial charge < -0.3 is 14.3 Å². The van der Waals surface area contributed by atoms with E-state index in [0.29, 0.717) is 12.2 Å². The largest absolute Gasteiger partial charge is 0.508 e. The van der Waals surface area contributed by atoms with Crippen LogP contribution in [0.5, 0.6) is 5.75 Å². The van der Waals surface area contributed by atoms with Gasteiger partial charge in [-0.2, -0.15) is 0 Å². The first-order valence-electron chi connectivity index (χ1n) is 6.54. The fourth-order valence-corrected chi connectivity index (χ4v) is 2.17. The van der Waals surface area contributed by atoms with Gasteiger partial charge in [0.2, 0.25) is 0 Å². The van der Waals surface area contributed by atoms with Crippen molar-refractivity contribution in [2.24, 2.45) is 0 Å². The van der Waals surface area contributed by atoms with Gasteiger partial charge >= 0.3 is 5.97 Å². The number of phenols is 1. The molecule has 102 valence electrons. The summed E-state index contributed by atoms with van der Waals surface area (Å²) in [6, 6.07) is 4.95. The molecule has 0 amide bonds. The van der Waals surface area contributed by atoms with E-state index >= 15 is 0 Å². The SMILES string of the molecule is CCCc1oc2cc(O)ccc2c1CC(=O)OCC. The Morgan fingerprint density at radius 2 is 2.16 bits per heavy atom. The fraction of sp³-hybridized carbons (Fsp3) is 0.400. The third-order valence-corrected chi connectivity index (χ3v) is 2.96. The minimum Gasteiger partial charge on any atom is -0.508 e. The van der Waals surface area contributed by atoms with Gasteiger partial charge in [-0.25, -0.2) is 0 Å². The van der Waals surface area contributed by atoms with Crippen LogP contribution in [-0.2, 0) is 22.4 Å². The van der Waals surface area contributed by atoms with Gasteiger partial charge in [0.25, 0.3) is 0 Å². The van der Waals surface area contributed by atoms with Gasteiger partial charge in [-0.1, -0.05) is 6.92 Å². The lowest BCUT2D eigenvalue weighted by Gasteiger charge is -2.02. The van der Waals surface area contributed by atoms with E-state index in [2.05, 4.69) is 6.92 Å². The van der Waals surface area contributed by atoms with Crippen LogP contribution in [0.3, 0.4) is 0 Å². The molecule has 0 saturated heterocycles. The topological polar surface area (TPSA) is 59.7 Å². The maximum Gasteiger partial charge on any atom is 0.310 e. The number of fused-ring (bicyclic) bond motifs is 1.